The fraction of sp³-hybridized carbons (Fsp3) is 0.357. The molecule has 0 aliphatic carbocycles. The summed E-state index contributed by atoms with van der Waals surface area (Å²) in [4.78, 5) is 13.6. The van der Waals surface area contributed by atoms with E-state index in [4.69, 9.17) is 11.6 Å². The Balaban J connectivity index is 2.16. The maximum Gasteiger partial charge on any atom is 0.160 e. The molecule has 4 nitrogen and oxygen atoms in total. The fourth-order valence-electron chi connectivity index (χ4n) is 2.26. The lowest BCUT2D eigenvalue weighted by Crippen LogP contribution is -2.06. The second kappa shape index (κ2) is 5.14. The van der Waals surface area contributed by atoms with Crippen molar-refractivity contribution in [3.05, 3.63) is 39.7 Å². The minimum absolute atomic E-state index is 0.164. The number of halogens is 1. The molecule has 0 amide bonds. The van der Waals surface area contributed by atoms with Crippen molar-refractivity contribution in [3.63, 3.8) is 0 Å². The highest BCUT2D eigenvalue weighted by molar-refractivity contribution is 7.09. The summed E-state index contributed by atoms with van der Waals surface area (Å²) in [6.45, 7) is 6.63. The number of fused-ring (bicyclic) bond motifs is 1. The van der Waals surface area contributed by atoms with Crippen LogP contribution >= 0.6 is 22.9 Å². The fourth-order valence-corrected chi connectivity index (χ4v) is 3.03. The van der Waals surface area contributed by atoms with Crippen molar-refractivity contribution < 1.29 is 0 Å². The van der Waals surface area contributed by atoms with Gasteiger partial charge < -0.3 is 4.57 Å². The van der Waals surface area contributed by atoms with Gasteiger partial charge in [-0.3, -0.25) is 0 Å². The Morgan fingerprint density at radius 3 is 2.80 bits per heavy atom. The first kappa shape index (κ1) is 13.5. The van der Waals surface area contributed by atoms with E-state index in [-0.39, 0.29) is 5.38 Å². The zero-order valence-corrected chi connectivity index (χ0v) is 13.2. The number of hydrogen-bond acceptors (Lipinski definition) is 4. The second-order valence-corrected chi connectivity index (χ2v) is 6.55. The van der Waals surface area contributed by atoms with Crippen molar-refractivity contribution in [2.24, 2.45) is 0 Å². The van der Waals surface area contributed by atoms with Crippen LogP contribution in [0.1, 0.15) is 34.4 Å². The molecule has 20 heavy (non-hydrogen) atoms. The molecule has 0 N–H and O–H groups in total. The van der Waals surface area contributed by atoms with Crippen LogP contribution in [0.15, 0.2) is 17.6 Å². The summed E-state index contributed by atoms with van der Waals surface area (Å²) in [5, 5.41) is 2.97. The number of rotatable bonds is 3. The SMILES string of the molecule is Cc1nc(Cn2c(C(C)Cl)nc3c(C)ccnc32)cs1. The van der Waals surface area contributed by atoms with Crippen LogP contribution in [0.4, 0.5) is 0 Å². The van der Waals surface area contributed by atoms with E-state index < -0.39 is 0 Å². The third-order valence-corrected chi connectivity index (χ3v) is 4.23. The molecule has 0 aliphatic heterocycles. The lowest BCUT2D eigenvalue weighted by Gasteiger charge is -2.08. The van der Waals surface area contributed by atoms with Gasteiger partial charge in [-0.1, -0.05) is 0 Å². The average Bonchev–Trinajstić information content (AvgIpc) is 2.96. The molecule has 3 aromatic heterocycles. The van der Waals surface area contributed by atoms with Gasteiger partial charge in [-0.05, 0) is 32.4 Å². The topological polar surface area (TPSA) is 43.6 Å². The monoisotopic (exact) mass is 306 g/mol. The van der Waals surface area contributed by atoms with E-state index >= 15 is 0 Å². The van der Waals surface area contributed by atoms with Gasteiger partial charge in [-0.15, -0.1) is 22.9 Å². The van der Waals surface area contributed by atoms with Gasteiger partial charge in [0.25, 0.3) is 0 Å². The van der Waals surface area contributed by atoms with Gasteiger partial charge in [0.1, 0.15) is 11.3 Å². The van der Waals surface area contributed by atoms with Crippen LogP contribution in [0.2, 0.25) is 0 Å². The molecule has 0 saturated heterocycles. The van der Waals surface area contributed by atoms with Gasteiger partial charge in [-0.25, -0.2) is 15.0 Å². The molecule has 0 aliphatic rings. The van der Waals surface area contributed by atoms with E-state index in [1.54, 1.807) is 11.3 Å². The van der Waals surface area contributed by atoms with Crippen LogP contribution in [0.25, 0.3) is 11.2 Å². The Morgan fingerprint density at radius 2 is 2.15 bits per heavy atom. The van der Waals surface area contributed by atoms with Gasteiger partial charge in [0.05, 0.1) is 22.6 Å². The maximum atomic E-state index is 6.27. The highest BCUT2D eigenvalue weighted by atomic mass is 35.5. The van der Waals surface area contributed by atoms with Crippen molar-refractivity contribution in [1.29, 1.82) is 0 Å². The molecule has 0 bridgehead atoms. The normalized spacial score (nSPS) is 13.0. The van der Waals surface area contributed by atoms with E-state index in [0.717, 1.165) is 33.3 Å². The second-order valence-electron chi connectivity index (χ2n) is 4.83. The van der Waals surface area contributed by atoms with E-state index in [1.807, 2.05) is 33.0 Å². The number of nitrogens with zero attached hydrogens (tertiary/aromatic N) is 4. The summed E-state index contributed by atoms with van der Waals surface area (Å²) < 4.78 is 2.06. The number of thiazole rings is 1. The lowest BCUT2D eigenvalue weighted by molar-refractivity contribution is 0.723. The molecule has 0 aromatic carbocycles. The van der Waals surface area contributed by atoms with Crippen LogP contribution in [0, 0.1) is 13.8 Å². The van der Waals surface area contributed by atoms with Gasteiger partial charge in [0.15, 0.2) is 5.65 Å². The summed E-state index contributed by atoms with van der Waals surface area (Å²) in [6, 6.07) is 1.97. The van der Waals surface area contributed by atoms with Gasteiger partial charge >= 0.3 is 0 Å². The van der Waals surface area contributed by atoms with E-state index in [2.05, 4.69) is 24.9 Å². The lowest BCUT2D eigenvalue weighted by atomic mass is 10.3. The Bertz CT molecular complexity index is 760. The van der Waals surface area contributed by atoms with Crippen LogP contribution in [-0.2, 0) is 6.54 Å². The summed E-state index contributed by atoms with van der Waals surface area (Å²) in [6.07, 6.45) is 1.81. The summed E-state index contributed by atoms with van der Waals surface area (Å²) in [7, 11) is 0. The van der Waals surface area contributed by atoms with Crippen molar-refractivity contribution in [3.8, 4) is 0 Å². The van der Waals surface area contributed by atoms with Crippen molar-refractivity contribution >= 4 is 34.1 Å². The first-order chi connectivity index (χ1) is 9.56. The molecular formula is C14H15ClN4S. The van der Waals surface area contributed by atoms with Crippen LogP contribution in [0.3, 0.4) is 0 Å². The standard InChI is InChI=1S/C14H15ClN4S/c1-8-4-5-16-14-12(8)18-13(9(2)15)19(14)6-11-7-20-10(3)17-11/h4-5,7,9H,6H2,1-3H3. The van der Waals surface area contributed by atoms with E-state index in [0.29, 0.717) is 6.54 Å². The predicted molar refractivity (Wildman–Crippen MR) is 82.5 cm³/mol. The number of alkyl halides is 1. The molecule has 1 atom stereocenters. The Kier molecular flexibility index (Phi) is 3.48. The average molecular weight is 307 g/mol. The van der Waals surface area contributed by atoms with E-state index in [9.17, 15) is 0 Å². The summed E-state index contributed by atoms with van der Waals surface area (Å²) >= 11 is 7.93. The van der Waals surface area contributed by atoms with Crippen LogP contribution in [-0.4, -0.2) is 19.5 Å². The minimum Gasteiger partial charge on any atom is -0.305 e. The van der Waals surface area contributed by atoms with Crippen molar-refractivity contribution in [2.45, 2.75) is 32.7 Å². The number of pyridine rings is 1. The quantitative estimate of drug-likeness (QED) is 0.690. The molecule has 3 rings (SSSR count). The maximum absolute atomic E-state index is 6.27. The van der Waals surface area contributed by atoms with E-state index in [1.165, 1.54) is 0 Å². The first-order valence-corrected chi connectivity index (χ1v) is 7.74. The van der Waals surface area contributed by atoms with Gasteiger partial charge in [0, 0.05) is 11.6 Å². The molecular weight excluding hydrogens is 292 g/mol. The summed E-state index contributed by atoms with van der Waals surface area (Å²) in [5.41, 5.74) is 3.93. The van der Waals surface area contributed by atoms with Crippen LogP contribution in [0.5, 0.6) is 0 Å². The Hall–Kier alpha value is -1.46. The number of hydrogen-bond donors (Lipinski definition) is 0. The highest BCUT2D eigenvalue weighted by Gasteiger charge is 2.17. The Labute approximate surface area is 126 Å². The smallest absolute Gasteiger partial charge is 0.160 e. The minimum atomic E-state index is -0.164. The zero-order valence-electron chi connectivity index (χ0n) is 11.6. The number of aromatic nitrogens is 4. The molecule has 0 fully saturated rings. The first-order valence-electron chi connectivity index (χ1n) is 6.43. The van der Waals surface area contributed by atoms with Crippen molar-refractivity contribution in [2.75, 3.05) is 0 Å². The highest BCUT2D eigenvalue weighted by Crippen LogP contribution is 2.26. The molecule has 3 heterocycles. The molecule has 0 radical (unpaired) electrons. The third-order valence-electron chi connectivity index (χ3n) is 3.21. The third kappa shape index (κ3) is 2.31. The molecule has 3 aromatic rings. The van der Waals surface area contributed by atoms with Gasteiger partial charge in [-0.2, -0.15) is 0 Å². The van der Waals surface area contributed by atoms with Gasteiger partial charge in [0.2, 0.25) is 0 Å². The molecule has 0 spiro atoms. The number of aryl methyl sites for hydroxylation is 2. The molecule has 6 heteroatoms. The molecule has 104 valence electrons. The molecule has 0 saturated carbocycles. The number of imidazole rings is 1. The largest absolute Gasteiger partial charge is 0.305 e. The predicted octanol–water partition coefficient (Wildman–Crippen LogP) is 3.85. The Morgan fingerprint density at radius 1 is 1.35 bits per heavy atom. The van der Waals surface area contributed by atoms with Crippen LogP contribution < -0.4 is 0 Å². The van der Waals surface area contributed by atoms with Crippen molar-refractivity contribution in [1.82, 2.24) is 19.5 Å². The zero-order chi connectivity index (χ0) is 14.3. The molecule has 1 unspecified atom stereocenters. The summed E-state index contributed by atoms with van der Waals surface area (Å²) in [5.74, 6) is 0.842.